The van der Waals surface area contributed by atoms with E-state index in [0.717, 1.165) is 101 Å². The minimum absolute atomic E-state index is 0. The van der Waals surface area contributed by atoms with Crippen LogP contribution in [0.25, 0.3) is 95.5 Å². The van der Waals surface area contributed by atoms with Crippen LogP contribution in [0.5, 0.6) is 0 Å². The number of aryl methyl sites for hydroxylation is 2. The molecule has 0 aliphatic rings. The number of pyridine rings is 10. The summed E-state index contributed by atoms with van der Waals surface area (Å²) in [5.41, 5.74) is 19.0. The van der Waals surface area contributed by atoms with Gasteiger partial charge >= 0.3 is 66.0 Å². The fraction of sp³-hybridized carbons (Fsp3) is 0.0690. The molecule has 0 N–H and O–H groups in total. The van der Waals surface area contributed by atoms with Crippen molar-refractivity contribution >= 4 is 6.08 Å². The molecule has 0 fully saturated rings. The first-order valence-corrected chi connectivity index (χ1v) is 31.5. The van der Waals surface area contributed by atoms with E-state index in [9.17, 15) is 0 Å². The average molecular weight is 1520 g/mol. The zero-order valence-corrected chi connectivity index (χ0v) is 60.7. The van der Waals surface area contributed by atoms with Crippen LogP contribution in [0.3, 0.4) is 0 Å². The molecule has 15 aromatic rings. The second-order valence-corrected chi connectivity index (χ2v) is 22.1. The van der Waals surface area contributed by atoms with Crippen LogP contribution in [0.2, 0.25) is 0 Å². The van der Waals surface area contributed by atoms with E-state index in [1.54, 1.807) is 74.1 Å². The number of rotatable bonds is 8. The molecule has 10 aromatic heterocycles. The van der Waals surface area contributed by atoms with E-state index in [2.05, 4.69) is 125 Å². The van der Waals surface area contributed by atoms with E-state index in [4.69, 9.17) is 10.2 Å². The van der Waals surface area contributed by atoms with Crippen molar-refractivity contribution in [2.75, 3.05) is 0 Å². The second kappa shape index (κ2) is 47.9. The Bertz CT molecular complexity index is 4000. The topological polar surface area (TPSA) is 168 Å². The van der Waals surface area contributed by atoms with Crippen LogP contribution in [0.1, 0.15) is 37.7 Å². The van der Waals surface area contributed by atoms with Gasteiger partial charge in [-0.15, -0.1) is 97.1 Å². The van der Waals surface area contributed by atoms with Gasteiger partial charge in [-0.3, -0.25) is 44.7 Å². The summed E-state index contributed by atoms with van der Waals surface area (Å²) in [6, 6.07) is 109. The van der Waals surface area contributed by atoms with Crippen LogP contribution in [-0.2, 0) is 76.2 Å². The minimum Gasteiger partial charge on any atom is -0.724 e. The Labute approximate surface area is 645 Å². The Morgan fingerprint density at radius 2 is 0.505 bits per heavy atom. The summed E-state index contributed by atoms with van der Waals surface area (Å²) < 4.78 is 0. The summed E-state index contributed by atoms with van der Waals surface area (Å²) in [7, 11) is 0. The standard InChI is InChI=1S/4C16H11N2.C10H13.C7H8N.C5H4N.CNO.4Ni/c4*1-3-10-17-15(8-1)13-6-5-7-14(12-13)16-9-2-4-11-18-16;1-10(2,3)9-7-5-4-6-8-9;1-6-4-3-5-7(2)8-6;1-2-4-6-5-3-1;2-1-3;;;;/h4*1-11H;5-8H,1-3H3;4-5H,1-2H3;2-5H;;;;;/q8*-1;4*+2. The van der Waals surface area contributed by atoms with Crippen LogP contribution in [-0.4, -0.2) is 55.9 Å². The van der Waals surface area contributed by atoms with Crippen molar-refractivity contribution in [1.82, 2.24) is 49.8 Å². The molecule has 0 aliphatic heterocycles. The van der Waals surface area contributed by atoms with Gasteiger partial charge in [-0.05, 0) is 60.0 Å². The molecular formula is C87H69N11Ni4O. The van der Waals surface area contributed by atoms with Crippen LogP contribution in [0.4, 0.5) is 0 Å². The third kappa shape index (κ3) is 30.0. The summed E-state index contributed by atoms with van der Waals surface area (Å²) in [6.07, 6.45) is 18.2. The first-order chi connectivity index (χ1) is 48.5. The van der Waals surface area contributed by atoms with E-state index >= 15 is 0 Å². The Morgan fingerprint density at radius 1 is 0.291 bits per heavy atom. The number of nitrogens with zero attached hydrogens (tertiary/aromatic N) is 11. The van der Waals surface area contributed by atoms with Crippen molar-refractivity contribution in [3.8, 4) is 90.1 Å². The maximum absolute atomic E-state index is 8.24. The van der Waals surface area contributed by atoms with Crippen molar-refractivity contribution in [3.05, 3.63) is 394 Å². The van der Waals surface area contributed by atoms with E-state index in [1.165, 1.54) is 5.56 Å². The number of isocyanates is 1. The first-order valence-electron chi connectivity index (χ1n) is 31.5. The summed E-state index contributed by atoms with van der Waals surface area (Å²) in [5.74, 6) is 0. The first kappa shape index (κ1) is 84.4. The van der Waals surface area contributed by atoms with E-state index in [0.29, 0.717) is 6.08 Å². The summed E-state index contributed by atoms with van der Waals surface area (Å²) in [6.45, 7) is 10.6. The van der Waals surface area contributed by atoms with Gasteiger partial charge in [-0.25, -0.2) is 0 Å². The Morgan fingerprint density at radius 3 is 0.641 bits per heavy atom. The van der Waals surface area contributed by atoms with Gasteiger partial charge in [0.25, 0.3) is 0 Å². The normalized spacial score (nSPS) is 9.52. The van der Waals surface area contributed by atoms with Crippen LogP contribution in [0, 0.1) is 56.3 Å². The van der Waals surface area contributed by atoms with E-state index in [1.807, 2.05) is 257 Å². The van der Waals surface area contributed by atoms with Gasteiger partial charge in [0.05, 0.1) is 0 Å². The average Bonchev–Trinajstić information content (AvgIpc) is 0.863. The maximum atomic E-state index is 8.24. The minimum atomic E-state index is 0. The predicted octanol–water partition coefficient (Wildman–Crippen LogP) is 19.5. The largest absolute Gasteiger partial charge is 2.00 e. The number of hydrogen-bond acceptors (Lipinski definition) is 11. The zero-order chi connectivity index (χ0) is 69.4. The molecule has 5 aromatic carbocycles. The quantitative estimate of drug-likeness (QED) is 0.0614. The third-order valence-corrected chi connectivity index (χ3v) is 13.7. The molecule has 0 unspecified atom stereocenters. The molecule has 0 spiro atoms. The molecule has 16 heteroatoms. The maximum Gasteiger partial charge on any atom is 2.00 e. The SMILES string of the molecule is CC(C)(C)c1cc[c-]cc1.Cc1c[c-]cc(C)n1.[N-]=C=O.[Ni+2].[Ni+2].[Ni+2].[Ni+2].[c-]1c(-c2ccccn2)cccc1-c1ccccn1.[c-]1c(-c2ccccn2)cccc1-c1ccccn1.[c-]1c(-c2ccccn2)cccc1-c1ccccn1.[c-]1c(-c2ccccn2)cccc1-c1ccccn1.[c-]1ccncc1. The molecule has 0 atom stereocenters. The van der Waals surface area contributed by atoms with Crippen LogP contribution in [0.15, 0.2) is 329 Å². The molecule has 10 heterocycles. The molecule has 0 saturated heterocycles. The molecule has 0 bridgehead atoms. The molecule has 12 nitrogen and oxygen atoms in total. The number of hydrogen-bond donors (Lipinski definition) is 0. The van der Waals surface area contributed by atoms with Crippen LogP contribution < -0.4 is 0 Å². The van der Waals surface area contributed by atoms with Gasteiger partial charge in [0.15, 0.2) is 0 Å². The zero-order valence-electron chi connectivity index (χ0n) is 56.8. The summed E-state index contributed by atoms with van der Waals surface area (Å²) in [4.78, 5) is 50.8. The Hall–Kier alpha value is -11.0. The predicted molar refractivity (Wildman–Crippen MR) is 396 cm³/mol. The number of aromatic nitrogens is 10. The molecule has 0 saturated carbocycles. The van der Waals surface area contributed by atoms with Gasteiger partial charge in [0.1, 0.15) is 0 Å². The van der Waals surface area contributed by atoms with Crippen molar-refractivity contribution in [2.24, 2.45) is 0 Å². The molecular weight excluding hydrogens is 1450 g/mol. The third-order valence-electron chi connectivity index (χ3n) is 13.7. The summed E-state index contributed by atoms with van der Waals surface area (Å²) >= 11 is 0. The van der Waals surface area contributed by atoms with Gasteiger partial charge in [0.2, 0.25) is 0 Å². The number of benzene rings is 5. The smallest absolute Gasteiger partial charge is 0.724 e. The van der Waals surface area contributed by atoms with Gasteiger partial charge < -0.3 is 15.4 Å². The molecule has 0 radical (unpaired) electrons. The summed E-state index contributed by atoms with van der Waals surface area (Å²) in [5, 5.41) is 6.76. The molecule has 518 valence electrons. The molecule has 103 heavy (non-hydrogen) atoms. The molecule has 15 rings (SSSR count). The van der Waals surface area contributed by atoms with Crippen molar-refractivity contribution < 1.29 is 70.8 Å². The second-order valence-electron chi connectivity index (χ2n) is 22.1. The fourth-order valence-electron chi connectivity index (χ4n) is 9.04. The Kier molecular flexibility index (Phi) is 39.2. The molecule has 0 aliphatic carbocycles. The number of carbonyl (C=O) groups excluding carboxylic acids is 1. The Balaban J connectivity index is 0.000000258. The molecule has 0 amide bonds. The van der Waals surface area contributed by atoms with Crippen molar-refractivity contribution in [3.63, 3.8) is 0 Å². The monoisotopic (exact) mass is 1520 g/mol. The van der Waals surface area contributed by atoms with Crippen LogP contribution >= 0.6 is 0 Å². The fourth-order valence-corrected chi connectivity index (χ4v) is 9.04. The van der Waals surface area contributed by atoms with Crippen molar-refractivity contribution in [2.45, 2.75) is 40.0 Å². The van der Waals surface area contributed by atoms with E-state index < -0.39 is 0 Å². The van der Waals surface area contributed by atoms with Gasteiger partial charge in [-0.2, -0.15) is 72.3 Å². The van der Waals surface area contributed by atoms with Gasteiger partial charge in [-0.1, -0.05) is 200 Å². The van der Waals surface area contributed by atoms with E-state index in [-0.39, 0.29) is 71.4 Å². The van der Waals surface area contributed by atoms with Crippen molar-refractivity contribution in [1.29, 1.82) is 0 Å². The van der Waals surface area contributed by atoms with Gasteiger partial charge in [0, 0.05) is 95.1 Å².